The van der Waals surface area contributed by atoms with E-state index in [1.165, 1.54) is 16.3 Å². The summed E-state index contributed by atoms with van der Waals surface area (Å²) in [4.78, 5) is 0. The van der Waals surface area contributed by atoms with Gasteiger partial charge in [-0.15, -0.1) is 0 Å². The first-order chi connectivity index (χ1) is 19.7. The van der Waals surface area contributed by atoms with Crippen LogP contribution in [0, 0.1) is 5.16 Å². The first kappa shape index (κ1) is 23.1. The number of hydrogen-bond donors (Lipinski definition) is 1. The minimum absolute atomic E-state index is 0.846. The highest BCUT2D eigenvalue weighted by atomic mass is 31.2. The molecule has 1 aromatic heterocycles. The molecule has 1 aliphatic heterocycles. The zero-order valence-electron chi connectivity index (χ0n) is 21.7. The number of ether oxygens (including phenoxy) is 1. The first-order valence-corrected chi connectivity index (χ1v) is 15.2. The Morgan fingerprint density at radius 2 is 1.10 bits per heavy atom. The molecule has 0 spiro atoms. The molecule has 0 radical (unpaired) electrons. The van der Waals surface area contributed by atoms with Gasteiger partial charge >= 0.3 is 0 Å². The predicted molar refractivity (Wildman–Crippen MR) is 168 cm³/mol. The van der Waals surface area contributed by atoms with Crippen LogP contribution in [-0.4, -0.2) is 4.57 Å². The Balaban J connectivity index is 1.23. The lowest BCUT2D eigenvalue weighted by atomic mass is 10.0. The molecule has 0 bridgehead atoms. The Bertz CT molecular complexity index is 2050. The largest absolute Gasteiger partial charge is 0.453 e. The Labute approximate surface area is 232 Å². The molecule has 3 nitrogen and oxygen atoms in total. The van der Waals surface area contributed by atoms with Crippen molar-refractivity contribution in [2.75, 3.05) is 0 Å². The molecule has 6 aromatic carbocycles. The molecule has 0 amide bonds. The molecule has 0 saturated carbocycles. The van der Waals surface area contributed by atoms with Gasteiger partial charge in [0.05, 0.1) is 23.8 Å². The summed E-state index contributed by atoms with van der Waals surface area (Å²) in [5.74, 6) is 1.72. The number of nitrogens with zero attached hydrogens (tertiary/aromatic N) is 1. The van der Waals surface area contributed by atoms with Crippen LogP contribution in [-0.2, 0) is 0 Å². The second-order valence-corrected chi connectivity index (χ2v) is 13.1. The molecule has 0 fully saturated rings. The van der Waals surface area contributed by atoms with Crippen LogP contribution in [0.15, 0.2) is 146 Å². The molecule has 0 aliphatic carbocycles. The first-order valence-electron chi connectivity index (χ1n) is 13.4. The van der Waals surface area contributed by atoms with Crippen molar-refractivity contribution in [3.8, 4) is 28.3 Å². The van der Waals surface area contributed by atoms with E-state index >= 15 is 0 Å². The highest BCUT2D eigenvalue weighted by molar-refractivity contribution is 7.86. The fourth-order valence-electron chi connectivity index (χ4n) is 6.03. The van der Waals surface area contributed by atoms with Gasteiger partial charge in [-0.3, -0.25) is 0 Å². The zero-order chi connectivity index (χ0) is 26.7. The third-order valence-electron chi connectivity index (χ3n) is 7.95. The van der Waals surface area contributed by atoms with E-state index in [4.69, 9.17) is 4.74 Å². The third-order valence-corrected chi connectivity index (χ3v) is 11.2. The van der Waals surface area contributed by atoms with Crippen molar-refractivity contribution in [3.63, 3.8) is 0 Å². The average Bonchev–Trinajstić information content (AvgIpc) is 3.37. The van der Waals surface area contributed by atoms with Gasteiger partial charge in [0.25, 0.3) is 0 Å². The second kappa shape index (κ2) is 8.84. The van der Waals surface area contributed by atoms with Gasteiger partial charge in [0, 0.05) is 10.8 Å². The molecule has 4 heteroatoms. The van der Waals surface area contributed by atoms with Gasteiger partial charge in [0.1, 0.15) is 0 Å². The average molecular weight is 533 g/mol. The summed E-state index contributed by atoms with van der Waals surface area (Å²) >= 11 is 0. The maximum absolute atomic E-state index is 9.81. The lowest BCUT2D eigenvalue weighted by Gasteiger charge is -2.24. The van der Waals surface area contributed by atoms with Crippen LogP contribution >= 0.6 is 7.05 Å². The summed E-state index contributed by atoms with van der Waals surface area (Å²) in [7, 11) is -2.51. The zero-order valence-corrected chi connectivity index (χ0v) is 22.6. The number of benzene rings is 6. The smallest absolute Gasteiger partial charge is 0.152 e. The summed E-state index contributed by atoms with van der Waals surface area (Å²) in [6, 6.07) is 50.3. The number of aromatic nitrogens is 1. The highest BCUT2D eigenvalue weighted by Gasteiger charge is 2.26. The number of rotatable bonds is 4. The van der Waals surface area contributed by atoms with Crippen LogP contribution in [0.4, 0.5) is 0 Å². The number of para-hydroxylation sites is 2. The molecule has 7 aromatic rings. The predicted octanol–water partition coefficient (Wildman–Crippen LogP) is 8.61. The molecule has 1 N–H and O–H groups in total. The van der Waals surface area contributed by atoms with Crippen LogP contribution in [0.1, 0.15) is 0 Å². The molecular weight excluding hydrogens is 507 g/mol. The summed E-state index contributed by atoms with van der Waals surface area (Å²) < 4.78 is 8.81. The molecular formula is C36H25N2OP. The Morgan fingerprint density at radius 1 is 0.500 bits per heavy atom. The van der Waals surface area contributed by atoms with E-state index in [0.29, 0.717) is 0 Å². The van der Waals surface area contributed by atoms with Crippen molar-refractivity contribution in [1.29, 1.82) is 5.16 Å². The second-order valence-electron chi connectivity index (χ2n) is 10.2. The van der Waals surface area contributed by atoms with Crippen molar-refractivity contribution in [2.24, 2.45) is 0 Å². The van der Waals surface area contributed by atoms with Crippen LogP contribution in [0.2, 0.25) is 0 Å². The molecule has 40 heavy (non-hydrogen) atoms. The van der Waals surface area contributed by atoms with Gasteiger partial charge in [0.15, 0.2) is 11.5 Å². The van der Waals surface area contributed by atoms with Crippen molar-refractivity contribution in [2.45, 2.75) is 0 Å². The fraction of sp³-hybridized carbons (Fsp3) is 0. The van der Waals surface area contributed by atoms with Gasteiger partial charge in [0.2, 0.25) is 0 Å². The van der Waals surface area contributed by atoms with Crippen molar-refractivity contribution in [1.82, 2.24) is 4.57 Å². The molecule has 0 atom stereocenters. The Kier molecular flexibility index (Phi) is 5.10. The molecule has 190 valence electrons. The van der Waals surface area contributed by atoms with E-state index in [-0.39, 0.29) is 0 Å². The monoisotopic (exact) mass is 532 g/mol. The van der Waals surface area contributed by atoms with E-state index in [2.05, 4.69) is 108 Å². The topological polar surface area (TPSA) is 38.0 Å². The SMILES string of the molecule is N=P(c1ccccc1)(c1ccccc1)c1ccc(-c2ccc3c(c2)Oc2cccc4c5ccccc5n-3c24)cc1. The summed E-state index contributed by atoms with van der Waals surface area (Å²) in [5.41, 5.74) is 5.54. The molecule has 8 rings (SSSR count). The fourth-order valence-corrected chi connectivity index (χ4v) is 8.76. The van der Waals surface area contributed by atoms with Gasteiger partial charge < -0.3 is 14.5 Å². The normalized spacial score (nSPS) is 12.3. The summed E-state index contributed by atoms with van der Waals surface area (Å²) in [6.07, 6.45) is 0. The molecule has 0 unspecified atom stereocenters. The molecule has 2 heterocycles. The van der Waals surface area contributed by atoms with Crippen LogP contribution < -0.4 is 20.7 Å². The van der Waals surface area contributed by atoms with Crippen LogP contribution in [0.5, 0.6) is 11.5 Å². The maximum Gasteiger partial charge on any atom is 0.152 e. The highest BCUT2D eigenvalue weighted by Crippen LogP contribution is 2.47. The lowest BCUT2D eigenvalue weighted by Crippen LogP contribution is -2.24. The maximum atomic E-state index is 9.81. The van der Waals surface area contributed by atoms with E-state index in [1.807, 2.05) is 42.5 Å². The molecule has 0 saturated heterocycles. The van der Waals surface area contributed by atoms with Crippen LogP contribution in [0.3, 0.4) is 0 Å². The Morgan fingerprint density at radius 3 is 1.82 bits per heavy atom. The third kappa shape index (κ3) is 3.35. The quantitative estimate of drug-likeness (QED) is 0.226. The van der Waals surface area contributed by atoms with Crippen molar-refractivity contribution in [3.05, 3.63) is 146 Å². The van der Waals surface area contributed by atoms with Crippen LogP contribution in [0.25, 0.3) is 38.6 Å². The number of nitrogens with one attached hydrogen (secondary N) is 1. The van der Waals surface area contributed by atoms with Gasteiger partial charge in [-0.2, -0.15) is 0 Å². The minimum Gasteiger partial charge on any atom is -0.453 e. The lowest BCUT2D eigenvalue weighted by molar-refractivity contribution is 0.476. The van der Waals surface area contributed by atoms with E-state index in [9.17, 15) is 5.16 Å². The standard InChI is InChI=1S/C36H25N2OP/c37-40(27-10-3-1-4-11-27,28-12-5-2-6-13-28)29-21-18-25(19-22-29)26-20-23-33-35(24-26)39-34-17-9-15-31-30-14-7-8-16-32(30)38(33)36(31)34/h1-24,37H. The van der Waals surface area contributed by atoms with Gasteiger partial charge in [-0.1, -0.05) is 121 Å². The minimum atomic E-state index is -2.51. The van der Waals surface area contributed by atoms with E-state index in [0.717, 1.165) is 49.7 Å². The van der Waals surface area contributed by atoms with Crippen molar-refractivity contribution < 1.29 is 4.74 Å². The number of hydrogen-bond acceptors (Lipinski definition) is 2. The van der Waals surface area contributed by atoms with E-state index < -0.39 is 7.05 Å². The van der Waals surface area contributed by atoms with Gasteiger partial charge in [-0.25, -0.2) is 0 Å². The Hall–Kier alpha value is -4.85. The van der Waals surface area contributed by atoms with Crippen molar-refractivity contribution >= 4 is 44.8 Å². The molecule has 1 aliphatic rings. The summed E-state index contributed by atoms with van der Waals surface area (Å²) in [6.45, 7) is 0. The van der Waals surface area contributed by atoms with Gasteiger partial charge in [-0.05, 0) is 51.3 Å². The number of fused-ring (bicyclic) bond motifs is 5. The summed E-state index contributed by atoms with van der Waals surface area (Å²) in [5, 5.41) is 15.4. The van der Waals surface area contributed by atoms with E-state index in [1.54, 1.807) is 0 Å².